The normalized spacial score (nSPS) is 18.8. The third-order valence-electron chi connectivity index (χ3n) is 3.29. The smallest absolute Gasteiger partial charge is 0.124 e. The topological polar surface area (TPSA) is 50.7 Å². The zero-order valence-electron chi connectivity index (χ0n) is 11.9. The van der Waals surface area contributed by atoms with Gasteiger partial charge in [0.1, 0.15) is 17.6 Å². The van der Waals surface area contributed by atoms with E-state index in [1.165, 1.54) is 5.56 Å². The van der Waals surface area contributed by atoms with Gasteiger partial charge in [-0.25, -0.2) is 0 Å². The van der Waals surface area contributed by atoms with Crippen LogP contribution in [0.1, 0.15) is 31.9 Å². The quantitative estimate of drug-likeness (QED) is 0.824. The SMILES string of the molecule is CCOc1cc2c(cc1CN[C@H](C)CO)OC(C)C2. The first-order valence-corrected chi connectivity index (χ1v) is 6.93. The fraction of sp³-hybridized carbons (Fsp3) is 0.600. The lowest BCUT2D eigenvalue weighted by molar-refractivity contribution is 0.249. The molecule has 1 unspecified atom stereocenters. The molecule has 0 radical (unpaired) electrons. The fourth-order valence-corrected chi connectivity index (χ4v) is 2.26. The average molecular weight is 265 g/mol. The molecule has 1 aromatic rings. The predicted octanol–water partition coefficient (Wildman–Crippen LogP) is 1.88. The molecular weight excluding hydrogens is 242 g/mol. The Hall–Kier alpha value is -1.26. The van der Waals surface area contributed by atoms with E-state index in [1.807, 2.05) is 13.8 Å². The lowest BCUT2D eigenvalue weighted by atomic mass is 10.1. The highest BCUT2D eigenvalue weighted by Gasteiger charge is 2.21. The van der Waals surface area contributed by atoms with Crippen molar-refractivity contribution >= 4 is 0 Å². The average Bonchev–Trinajstić information content (AvgIpc) is 2.75. The van der Waals surface area contributed by atoms with Crippen LogP contribution in [0.5, 0.6) is 11.5 Å². The number of benzene rings is 1. The Morgan fingerprint density at radius 1 is 1.53 bits per heavy atom. The molecule has 0 spiro atoms. The van der Waals surface area contributed by atoms with E-state index < -0.39 is 0 Å². The van der Waals surface area contributed by atoms with Crippen LogP contribution >= 0.6 is 0 Å². The van der Waals surface area contributed by atoms with Crippen molar-refractivity contribution in [1.82, 2.24) is 5.32 Å². The molecule has 0 aromatic heterocycles. The van der Waals surface area contributed by atoms with Gasteiger partial charge in [0, 0.05) is 30.1 Å². The highest BCUT2D eigenvalue weighted by molar-refractivity contribution is 5.48. The van der Waals surface area contributed by atoms with E-state index >= 15 is 0 Å². The molecule has 4 heteroatoms. The van der Waals surface area contributed by atoms with Gasteiger partial charge in [0.25, 0.3) is 0 Å². The maximum Gasteiger partial charge on any atom is 0.124 e. The largest absolute Gasteiger partial charge is 0.494 e. The second-order valence-corrected chi connectivity index (χ2v) is 5.10. The summed E-state index contributed by atoms with van der Waals surface area (Å²) in [7, 11) is 0. The molecule has 106 valence electrons. The molecule has 0 saturated heterocycles. The van der Waals surface area contributed by atoms with Crippen LogP contribution in [0.4, 0.5) is 0 Å². The number of hydrogen-bond donors (Lipinski definition) is 2. The number of hydrogen-bond acceptors (Lipinski definition) is 4. The van der Waals surface area contributed by atoms with Crippen molar-refractivity contribution in [1.29, 1.82) is 0 Å². The van der Waals surface area contributed by atoms with Crippen LogP contribution < -0.4 is 14.8 Å². The van der Waals surface area contributed by atoms with Crippen molar-refractivity contribution in [2.24, 2.45) is 0 Å². The molecule has 1 aromatic carbocycles. The summed E-state index contributed by atoms with van der Waals surface area (Å²) in [5, 5.41) is 12.3. The van der Waals surface area contributed by atoms with Gasteiger partial charge in [-0.05, 0) is 32.9 Å². The highest BCUT2D eigenvalue weighted by Crippen LogP contribution is 2.35. The Balaban J connectivity index is 2.18. The molecule has 1 aliphatic rings. The van der Waals surface area contributed by atoms with Crippen LogP contribution in [0.15, 0.2) is 12.1 Å². The van der Waals surface area contributed by atoms with Crippen molar-refractivity contribution in [2.45, 2.75) is 45.9 Å². The third kappa shape index (κ3) is 3.39. The zero-order valence-corrected chi connectivity index (χ0v) is 11.9. The Morgan fingerprint density at radius 3 is 3.00 bits per heavy atom. The molecule has 0 saturated carbocycles. The Kier molecular flexibility index (Phi) is 4.66. The summed E-state index contributed by atoms with van der Waals surface area (Å²) in [6.07, 6.45) is 1.18. The lowest BCUT2D eigenvalue weighted by Gasteiger charge is -2.15. The van der Waals surface area contributed by atoms with Gasteiger partial charge in [-0.1, -0.05) is 0 Å². The second-order valence-electron chi connectivity index (χ2n) is 5.10. The Labute approximate surface area is 114 Å². The molecule has 2 N–H and O–H groups in total. The Bertz CT molecular complexity index is 434. The molecule has 2 rings (SSSR count). The first-order chi connectivity index (χ1) is 9.13. The van der Waals surface area contributed by atoms with Crippen molar-refractivity contribution in [3.05, 3.63) is 23.3 Å². The maximum absolute atomic E-state index is 9.06. The minimum Gasteiger partial charge on any atom is -0.494 e. The zero-order chi connectivity index (χ0) is 13.8. The predicted molar refractivity (Wildman–Crippen MR) is 74.8 cm³/mol. The number of ether oxygens (including phenoxy) is 2. The van der Waals surface area contributed by atoms with Crippen molar-refractivity contribution in [3.8, 4) is 11.5 Å². The minimum absolute atomic E-state index is 0.0718. The first kappa shape index (κ1) is 14.2. The molecule has 0 fully saturated rings. The van der Waals surface area contributed by atoms with Crippen molar-refractivity contribution in [2.75, 3.05) is 13.2 Å². The molecule has 1 aliphatic heterocycles. The van der Waals surface area contributed by atoms with Crippen LogP contribution in [-0.2, 0) is 13.0 Å². The van der Waals surface area contributed by atoms with Crippen LogP contribution in [-0.4, -0.2) is 30.5 Å². The summed E-state index contributed by atoms with van der Waals surface area (Å²) in [6.45, 7) is 7.46. The summed E-state index contributed by atoms with van der Waals surface area (Å²) in [5.74, 6) is 1.88. The lowest BCUT2D eigenvalue weighted by Crippen LogP contribution is -2.28. The molecule has 0 aliphatic carbocycles. The molecular formula is C15H23NO3. The van der Waals surface area contributed by atoms with Crippen molar-refractivity contribution in [3.63, 3.8) is 0 Å². The first-order valence-electron chi connectivity index (χ1n) is 6.93. The van der Waals surface area contributed by atoms with Gasteiger partial charge >= 0.3 is 0 Å². The number of rotatable bonds is 6. The summed E-state index contributed by atoms with van der Waals surface area (Å²) in [5.41, 5.74) is 2.30. The van der Waals surface area contributed by atoms with Gasteiger partial charge in [0.2, 0.25) is 0 Å². The summed E-state index contributed by atoms with van der Waals surface area (Å²) in [4.78, 5) is 0. The van der Waals surface area contributed by atoms with E-state index in [4.69, 9.17) is 14.6 Å². The third-order valence-corrected chi connectivity index (χ3v) is 3.29. The number of fused-ring (bicyclic) bond motifs is 1. The molecule has 19 heavy (non-hydrogen) atoms. The van der Waals surface area contributed by atoms with E-state index in [-0.39, 0.29) is 18.8 Å². The van der Waals surface area contributed by atoms with Crippen LogP contribution in [0.2, 0.25) is 0 Å². The van der Waals surface area contributed by atoms with Gasteiger partial charge in [0.15, 0.2) is 0 Å². The van der Waals surface area contributed by atoms with Gasteiger partial charge in [-0.15, -0.1) is 0 Å². The molecule has 2 atom stereocenters. The van der Waals surface area contributed by atoms with E-state index in [1.54, 1.807) is 0 Å². The van der Waals surface area contributed by atoms with Gasteiger partial charge < -0.3 is 19.9 Å². The van der Waals surface area contributed by atoms with Crippen LogP contribution in [0.25, 0.3) is 0 Å². The molecule has 1 heterocycles. The van der Waals surface area contributed by atoms with Gasteiger partial charge in [0.05, 0.1) is 13.2 Å². The number of nitrogens with one attached hydrogen (secondary N) is 1. The van der Waals surface area contributed by atoms with Crippen LogP contribution in [0, 0.1) is 0 Å². The van der Waals surface area contributed by atoms with Crippen LogP contribution in [0.3, 0.4) is 0 Å². The standard InChI is InChI=1S/C15H23NO3/c1-4-18-14-6-12-5-11(3)19-15(12)7-13(14)8-16-10(2)9-17/h6-7,10-11,16-17H,4-5,8-9H2,1-3H3/t10-,11?/m1/s1. The summed E-state index contributed by atoms with van der Waals surface area (Å²) >= 11 is 0. The molecule has 0 amide bonds. The number of aliphatic hydroxyl groups excluding tert-OH is 1. The summed E-state index contributed by atoms with van der Waals surface area (Å²) in [6, 6.07) is 4.21. The molecule has 4 nitrogen and oxygen atoms in total. The minimum atomic E-state index is 0.0718. The van der Waals surface area contributed by atoms with E-state index in [2.05, 4.69) is 24.4 Å². The van der Waals surface area contributed by atoms with Crippen molar-refractivity contribution < 1.29 is 14.6 Å². The molecule has 0 bridgehead atoms. The maximum atomic E-state index is 9.06. The van der Waals surface area contributed by atoms with E-state index in [9.17, 15) is 0 Å². The van der Waals surface area contributed by atoms with Gasteiger partial charge in [-0.2, -0.15) is 0 Å². The number of aliphatic hydroxyl groups is 1. The summed E-state index contributed by atoms with van der Waals surface area (Å²) < 4.78 is 11.5. The monoisotopic (exact) mass is 265 g/mol. The Morgan fingerprint density at radius 2 is 2.32 bits per heavy atom. The highest BCUT2D eigenvalue weighted by atomic mass is 16.5. The second kappa shape index (κ2) is 6.26. The fourth-order valence-electron chi connectivity index (χ4n) is 2.26. The van der Waals surface area contributed by atoms with E-state index in [0.717, 1.165) is 23.5 Å². The van der Waals surface area contributed by atoms with Gasteiger partial charge in [-0.3, -0.25) is 0 Å². The van der Waals surface area contributed by atoms with E-state index in [0.29, 0.717) is 13.2 Å².